The molecule has 2 heteroatoms. The molecular formula is C16H30O2. The molecule has 0 radical (unpaired) electrons. The summed E-state index contributed by atoms with van der Waals surface area (Å²) in [5.41, 5.74) is 0.488. The van der Waals surface area contributed by atoms with Gasteiger partial charge >= 0.3 is 5.97 Å². The minimum Gasteiger partial charge on any atom is -0.462 e. The smallest absolute Gasteiger partial charge is 0.333 e. The van der Waals surface area contributed by atoms with Gasteiger partial charge in [-0.1, -0.05) is 71.3 Å². The minimum atomic E-state index is -0.258. The highest BCUT2D eigenvalue weighted by Crippen LogP contribution is 2.10. The van der Waals surface area contributed by atoms with Gasteiger partial charge < -0.3 is 4.74 Å². The lowest BCUT2D eigenvalue weighted by molar-refractivity contribution is -0.139. The van der Waals surface area contributed by atoms with Crippen LogP contribution in [0.15, 0.2) is 12.2 Å². The maximum Gasteiger partial charge on any atom is 0.333 e. The van der Waals surface area contributed by atoms with Gasteiger partial charge in [-0.3, -0.25) is 0 Å². The first-order valence-corrected chi connectivity index (χ1v) is 7.51. The summed E-state index contributed by atoms with van der Waals surface area (Å²) >= 11 is 0. The molecule has 0 saturated carbocycles. The van der Waals surface area contributed by atoms with E-state index in [0.29, 0.717) is 12.2 Å². The average Bonchev–Trinajstić information content (AvgIpc) is 2.35. The van der Waals surface area contributed by atoms with Gasteiger partial charge in [0, 0.05) is 5.57 Å². The summed E-state index contributed by atoms with van der Waals surface area (Å²) in [6.45, 7) is 8.03. The van der Waals surface area contributed by atoms with Crippen molar-refractivity contribution in [1.29, 1.82) is 0 Å². The quantitative estimate of drug-likeness (QED) is 0.277. The molecule has 0 aromatic carbocycles. The molecule has 0 unspecified atom stereocenters. The van der Waals surface area contributed by atoms with Crippen LogP contribution in [0.3, 0.4) is 0 Å². The van der Waals surface area contributed by atoms with E-state index < -0.39 is 0 Å². The fourth-order valence-electron chi connectivity index (χ4n) is 1.88. The fraction of sp³-hybridized carbons (Fsp3) is 0.812. The summed E-state index contributed by atoms with van der Waals surface area (Å²) in [4.78, 5) is 11.1. The number of ether oxygens (including phenoxy) is 1. The topological polar surface area (TPSA) is 26.3 Å². The Bertz CT molecular complexity index is 221. The first-order valence-electron chi connectivity index (χ1n) is 7.51. The van der Waals surface area contributed by atoms with E-state index in [1.165, 1.54) is 57.8 Å². The van der Waals surface area contributed by atoms with Crippen molar-refractivity contribution in [2.45, 2.75) is 78.1 Å². The summed E-state index contributed by atoms with van der Waals surface area (Å²) in [5, 5.41) is 0. The number of carbonyl (C=O) groups is 1. The van der Waals surface area contributed by atoms with Crippen LogP contribution in [0.25, 0.3) is 0 Å². The molecule has 0 amide bonds. The van der Waals surface area contributed by atoms with Gasteiger partial charge in [-0.05, 0) is 13.3 Å². The van der Waals surface area contributed by atoms with Crippen molar-refractivity contribution in [3.63, 3.8) is 0 Å². The normalized spacial score (nSPS) is 10.3. The summed E-state index contributed by atoms with van der Waals surface area (Å²) in [5.74, 6) is -0.258. The van der Waals surface area contributed by atoms with Gasteiger partial charge in [0.05, 0.1) is 6.61 Å². The zero-order valence-corrected chi connectivity index (χ0v) is 12.3. The third-order valence-corrected chi connectivity index (χ3v) is 3.08. The second-order valence-corrected chi connectivity index (χ2v) is 5.10. The molecule has 0 atom stereocenters. The van der Waals surface area contributed by atoms with Crippen molar-refractivity contribution in [1.82, 2.24) is 0 Å². The van der Waals surface area contributed by atoms with Crippen LogP contribution < -0.4 is 0 Å². The van der Waals surface area contributed by atoms with Crippen LogP contribution in [0, 0.1) is 0 Å². The zero-order valence-electron chi connectivity index (χ0n) is 12.3. The van der Waals surface area contributed by atoms with Crippen LogP contribution in [0.1, 0.15) is 78.1 Å². The van der Waals surface area contributed by atoms with Gasteiger partial charge in [-0.2, -0.15) is 0 Å². The van der Waals surface area contributed by atoms with Crippen LogP contribution in [0.4, 0.5) is 0 Å². The molecule has 0 heterocycles. The molecule has 0 aromatic rings. The Balaban J connectivity index is 3.07. The van der Waals surface area contributed by atoms with Crippen molar-refractivity contribution in [2.75, 3.05) is 6.61 Å². The molecule has 0 aliphatic heterocycles. The van der Waals surface area contributed by atoms with Crippen molar-refractivity contribution < 1.29 is 9.53 Å². The number of hydrogen-bond acceptors (Lipinski definition) is 2. The van der Waals surface area contributed by atoms with Gasteiger partial charge in [0.1, 0.15) is 0 Å². The SMILES string of the molecule is C=C(C)C(=O)OCCCCCCCCCCCC. The first-order chi connectivity index (χ1) is 8.68. The number of carbonyl (C=O) groups excluding carboxylic acids is 1. The van der Waals surface area contributed by atoms with E-state index in [1.807, 2.05) is 0 Å². The molecule has 18 heavy (non-hydrogen) atoms. The molecule has 0 fully saturated rings. The number of unbranched alkanes of at least 4 members (excludes halogenated alkanes) is 9. The maximum atomic E-state index is 11.1. The van der Waals surface area contributed by atoms with Crippen molar-refractivity contribution >= 4 is 5.97 Å². The molecule has 2 nitrogen and oxygen atoms in total. The molecule has 0 saturated heterocycles. The molecular weight excluding hydrogens is 224 g/mol. The standard InChI is InChI=1S/C16H30O2/c1-4-5-6-7-8-9-10-11-12-13-14-18-16(17)15(2)3/h2,4-14H2,1,3H3. The highest BCUT2D eigenvalue weighted by atomic mass is 16.5. The van der Waals surface area contributed by atoms with Crippen molar-refractivity contribution in [3.05, 3.63) is 12.2 Å². The van der Waals surface area contributed by atoms with Crippen molar-refractivity contribution in [2.24, 2.45) is 0 Å². The van der Waals surface area contributed by atoms with E-state index >= 15 is 0 Å². The Hall–Kier alpha value is -0.790. The van der Waals surface area contributed by atoms with E-state index in [9.17, 15) is 4.79 Å². The minimum absolute atomic E-state index is 0.258. The van der Waals surface area contributed by atoms with E-state index in [2.05, 4.69) is 13.5 Å². The lowest BCUT2D eigenvalue weighted by atomic mass is 10.1. The van der Waals surface area contributed by atoms with Crippen molar-refractivity contribution in [3.8, 4) is 0 Å². The van der Waals surface area contributed by atoms with E-state index in [4.69, 9.17) is 4.74 Å². The van der Waals surface area contributed by atoms with Gasteiger partial charge in [0.2, 0.25) is 0 Å². The monoisotopic (exact) mass is 254 g/mol. The Morgan fingerprint density at radius 3 is 1.78 bits per heavy atom. The van der Waals surface area contributed by atoms with Crippen LogP contribution >= 0.6 is 0 Å². The molecule has 0 bridgehead atoms. The lowest BCUT2D eigenvalue weighted by Crippen LogP contribution is -2.05. The third-order valence-electron chi connectivity index (χ3n) is 3.08. The second-order valence-electron chi connectivity index (χ2n) is 5.10. The third kappa shape index (κ3) is 11.7. The number of rotatable bonds is 12. The summed E-state index contributed by atoms with van der Waals surface area (Å²) in [6, 6.07) is 0. The van der Waals surface area contributed by atoms with Gasteiger partial charge in [-0.25, -0.2) is 4.79 Å². The largest absolute Gasteiger partial charge is 0.462 e. The molecule has 0 N–H and O–H groups in total. The molecule has 106 valence electrons. The van der Waals surface area contributed by atoms with Crippen LogP contribution in [0.2, 0.25) is 0 Å². The summed E-state index contributed by atoms with van der Waals surface area (Å²) in [6.07, 6.45) is 13.0. The van der Waals surface area contributed by atoms with Gasteiger partial charge in [-0.15, -0.1) is 0 Å². The van der Waals surface area contributed by atoms with Gasteiger partial charge in [0.25, 0.3) is 0 Å². The Kier molecular flexibility index (Phi) is 12.1. The molecule has 0 aliphatic carbocycles. The van der Waals surface area contributed by atoms with Gasteiger partial charge in [0.15, 0.2) is 0 Å². The van der Waals surface area contributed by atoms with E-state index in [-0.39, 0.29) is 5.97 Å². The summed E-state index contributed by atoms with van der Waals surface area (Å²) < 4.78 is 5.04. The van der Waals surface area contributed by atoms with Crippen LogP contribution in [0.5, 0.6) is 0 Å². The lowest BCUT2D eigenvalue weighted by Gasteiger charge is -2.04. The predicted octanol–water partition coefficient (Wildman–Crippen LogP) is 5.03. The molecule has 0 aliphatic rings. The van der Waals surface area contributed by atoms with Crippen LogP contribution in [-0.2, 0) is 9.53 Å². The number of hydrogen-bond donors (Lipinski definition) is 0. The highest BCUT2D eigenvalue weighted by molar-refractivity contribution is 5.86. The van der Waals surface area contributed by atoms with E-state index in [0.717, 1.165) is 6.42 Å². The average molecular weight is 254 g/mol. The highest BCUT2D eigenvalue weighted by Gasteiger charge is 2.01. The second kappa shape index (κ2) is 12.7. The Labute approximate surface area is 113 Å². The van der Waals surface area contributed by atoms with E-state index in [1.54, 1.807) is 6.92 Å². The predicted molar refractivity (Wildman–Crippen MR) is 77.6 cm³/mol. The number of esters is 1. The summed E-state index contributed by atoms with van der Waals surface area (Å²) in [7, 11) is 0. The maximum absolute atomic E-state index is 11.1. The first kappa shape index (κ1) is 17.2. The van der Waals surface area contributed by atoms with Crippen LogP contribution in [-0.4, -0.2) is 12.6 Å². The molecule has 0 aromatic heterocycles. The molecule has 0 spiro atoms. The fourth-order valence-corrected chi connectivity index (χ4v) is 1.88. The zero-order chi connectivity index (χ0) is 13.6. The Morgan fingerprint density at radius 1 is 0.889 bits per heavy atom. The Morgan fingerprint density at radius 2 is 1.33 bits per heavy atom. The molecule has 0 rings (SSSR count).